The maximum Gasteiger partial charge on any atom is 0.573 e. The Labute approximate surface area is 829 Å². The third-order valence-electron chi connectivity index (χ3n) is 25.4. The van der Waals surface area contributed by atoms with Crippen molar-refractivity contribution in [3.63, 3.8) is 0 Å². The quantitative estimate of drug-likeness (QED) is 0.0300. The second-order valence-corrected chi connectivity index (χ2v) is 37.0. The number of carboxylic acids is 1. The summed E-state index contributed by atoms with van der Waals surface area (Å²) < 4.78 is 94.6. The number of ether oxygens (including phenoxy) is 9. The van der Waals surface area contributed by atoms with Crippen molar-refractivity contribution in [1.29, 1.82) is 0 Å². The van der Waals surface area contributed by atoms with Crippen LogP contribution in [-0.2, 0) is 75.1 Å². The summed E-state index contributed by atoms with van der Waals surface area (Å²) in [7, 11) is 1.46. The van der Waals surface area contributed by atoms with Crippen molar-refractivity contribution in [1.82, 2.24) is 41.0 Å². The molecule has 3 saturated heterocycles. The van der Waals surface area contributed by atoms with Crippen molar-refractivity contribution in [2.75, 3.05) is 45.3 Å². The Kier molecular flexibility index (Phi) is 36.2. The number of aliphatic hydroxyl groups is 10. The molecule has 0 radical (unpaired) electrons. The molecule has 23 atom stereocenters. The molecule has 7 aromatic rings. The number of phenols is 3. The normalized spacial score (nSPS) is 27.5. The Morgan fingerprint density at radius 2 is 1.35 bits per heavy atom. The number of Topliss-reactive ketones (excluding diaryl/α,β-unsaturated/α-hetero) is 2. The predicted octanol–water partition coefficient (Wildman–Crippen LogP) is 2.92. The van der Waals surface area contributed by atoms with Crippen LogP contribution in [0.2, 0.25) is 10.0 Å². The van der Waals surface area contributed by atoms with E-state index in [1.54, 1.807) is 13.8 Å². The number of primary amides is 1. The van der Waals surface area contributed by atoms with Crippen LogP contribution < -0.4 is 68.0 Å². The highest BCUT2D eigenvalue weighted by molar-refractivity contribution is 6.32. The fourth-order valence-electron chi connectivity index (χ4n) is 17.9. The SMILES string of the molecule is C.CN[C@H](CC(C)C)C(=O)NC1C(=O)C[C@@H](CC(N)=O)C(=O)N[C@H]2C(=O)C[C@H]3C(=O)N[C@H](C(=O)N[C@@H](C(=O)O)c4cc(O)c(CN(CCO)CCO)c(O)c4-c4cc3ccc4O)[C@H](OC3C[C@](C)(N)[C@@H](O)[C@H](C)O3)c3ccc(c(Cl)c3)Oc3cc2cc(c3O[C@@H]2O[C@H](CO)[C@@H](O[C@@H]3O[C@H](CCCCn4ccc(NC(=O)c5ccc(OC(F)(F)F)cc5)nc4=O)[C@H](O)[C@H](O)[C@H]3O)[C@H](O)[C@H]2O)Oc2ccc(cc2Cl)[C@H]1O. The molecule has 44 nitrogen and oxygen atoms in total. The number of aromatic nitrogens is 2. The Morgan fingerprint density at radius 1 is 0.708 bits per heavy atom. The molecule has 144 heavy (non-hydrogen) atoms. The third-order valence-corrected chi connectivity index (χ3v) is 26.0. The molecular formula is C95H114Cl2F3N11O33. The third kappa shape index (κ3) is 25.6. The van der Waals surface area contributed by atoms with Crippen molar-refractivity contribution < 1.29 is 170 Å². The summed E-state index contributed by atoms with van der Waals surface area (Å²) in [5, 5.41) is 177. The average molecular weight is 2070 g/mol. The topological polar surface area (TPSA) is 682 Å². The zero-order chi connectivity index (χ0) is 104. The summed E-state index contributed by atoms with van der Waals surface area (Å²) in [6.07, 6.45) is -36.1. The molecule has 2 unspecified atom stereocenters. The fourth-order valence-corrected chi connectivity index (χ4v) is 18.3. The van der Waals surface area contributed by atoms with Crippen molar-refractivity contribution in [3.8, 4) is 62.9 Å². The number of benzene rings is 6. The number of anilines is 1. The maximum atomic E-state index is 16.8. The van der Waals surface area contributed by atoms with Gasteiger partial charge in [0.05, 0.1) is 71.6 Å². The lowest BCUT2D eigenvalue weighted by molar-refractivity contribution is -0.351. The molecule has 8 aliphatic heterocycles. The number of aryl methyl sites for hydroxylation is 1. The molecule has 6 amide bonds. The molecule has 49 heteroatoms. The van der Waals surface area contributed by atoms with Crippen molar-refractivity contribution in [2.45, 2.75) is 240 Å². The monoisotopic (exact) mass is 2060 g/mol. The number of hydrogen-bond acceptors (Lipinski definition) is 36. The highest BCUT2D eigenvalue weighted by Gasteiger charge is 2.54. The van der Waals surface area contributed by atoms with Gasteiger partial charge in [0.2, 0.25) is 41.6 Å². The minimum atomic E-state index is -4.99. The van der Waals surface area contributed by atoms with Crippen molar-refractivity contribution in [2.24, 2.45) is 23.3 Å². The number of rotatable bonds is 29. The minimum absolute atomic E-state index is 0. The van der Waals surface area contributed by atoms with E-state index in [0.717, 1.165) is 89.5 Å². The van der Waals surface area contributed by atoms with Gasteiger partial charge in [-0.05, 0) is 160 Å². The van der Waals surface area contributed by atoms with E-state index in [2.05, 4.69) is 41.6 Å². The number of aromatic hydroxyl groups is 3. The number of phenolic OH excluding ortho intramolecular Hbond substituents is 3. The van der Waals surface area contributed by atoms with Crippen LogP contribution in [0.3, 0.4) is 0 Å². The molecule has 0 aliphatic carbocycles. The first kappa shape index (κ1) is 111. The molecule has 6 aromatic carbocycles. The number of carbonyl (C=O) groups is 9. The molecule has 782 valence electrons. The standard InChI is InChI=1S/C94H110Cl2F3N11O33.CH4/c1-39(2)26-54(102-5)87(130)107-71-57(116)30-46(33-65(100)118)85(128)105-69-45-31-62(136-59-17-12-43(73(71)119)28-52(59)95)81(141-91-79(125)77(123)82(64(38-113)139-91)142-90-78(124)76(122)75(121)61(138-90)8-6-7-20-110-21-19-66(104-92(110)134)103-84(127)41-9-14-47(15-10-41)143-94(97,98)99)63(32-45)137-60-18-13-44(29-53(60)96)80(140-67-36-93(4,101)83(126)40(3)135-67)72-88(131)106-70(89(132)133)50-35-56(115)51(37-109(22-24-111)23-25-112)74(120)68(50)49-27-42(11-16-55(49)114)48(34-58(69)117)86(129)108-72;/h9-19,21,27-29,31-32,35,39-40,46,48,54,61,64,67,69-73,75-80,82-83,90-91,102,111-115,119-126H,6-8,20,22-26,30,33-34,36-38,101H2,1-5H3,(H2,100,118)(H,105,128)(H,106,131)(H,107,130)(H,108,129)(H,132,133)(H,103,104,127,134);1H4/t40-,46-,48+,54+,61+,64+,67?,69+,70+,71?,72-,73+,75-,76-,77+,78+,79+,80+,82+,83-,90-,91-,93-;/m0./s1. The van der Waals surface area contributed by atoms with E-state index in [1.807, 2.05) is 0 Å². The van der Waals surface area contributed by atoms with E-state index < -0.39 is 346 Å². The van der Waals surface area contributed by atoms with Crippen molar-refractivity contribution >= 4 is 82.0 Å². The molecule has 0 saturated carbocycles. The minimum Gasteiger partial charge on any atom is -0.507 e. The van der Waals surface area contributed by atoms with Crippen LogP contribution in [0.4, 0.5) is 19.0 Å². The Morgan fingerprint density at radius 3 is 1.95 bits per heavy atom. The highest BCUT2D eigenvalue weighted by Crippen LogP contribution is 2.52. The summed E-state index contributed by atoms with van der Waals surface area (Å²) in [6.45, 7) is 3.28. The number of carboxylic acid groups (broad SMARTS) is 1. The summed E-state index contributed by atoms with van der Waals surface area (Å²) in [5.74, 6) is -22.3. The number of unbranched alkanes of at least 4 members (excludes halogenated alkanes) is 1. The van der Waals surface area contributed by atoms with Crippen LogP contribution in [0.25, 0.3) is 11.1 Å². The first-order valence-corrected chi connectivity index (χ1v) is 46.2. The number of nitrogens with one attached hydrogen (secondary N) is 6. The van der Waals surface area contributed by atoms with Crippen LogP contribution >= 0.6 is 23.2 Å². The zero-order valence-electron chi connectivity index (χ0n) is 77.2. The number of aliphatic hydroxyl groups excluding tert-OH is 10. The molecule has 3 fully saturated rings. The van der Waals surface area contributed by atoms with Crippen LogP contribution in [0.1, 0.15) is 160 Å². The second-order valence-electron chi connectivity index (χ2n) is 36.2. The van der Waals surface area contributed by atoms with E-state index in [-0.39, 0.29) is 86.7 Å². The van der Waals surface area contributed by atoms with Gasteiger partial charge in [-0.3, -0.25) is 47.8 Å². The number of nitrogens with zero attached hydrogens (tertiary/aromatic N) is 3. The average Bonchev–Trinajstić information content (AvgIpc) is 0.751. The van der Waals surface area contributed by atoms with E-state index in [9.17, 15) is 109 Å². The number of likely N-dealkylation sites (N-methyl/N-ethyl adjacent to an activating group) is 1. The van der Waals surface area contributed by atoms with Gasteiger partial charge in [0, 0.05) is 85.9 Å². The number of ketones is 2. The van der Waals surface area contributed by atoms with Gasteiger partial charge in [-0.25, -0.2) is 9.59 Å². The molecule has 15 rings (SSSR count). The zero-order valence-corrected chi connectivity index (χ0v) is 78.7. The van der Waals surface area contributed by atoms with Gasteiger partial charge in [0.25, 0.3) is 5.91 Å². The largest absolute Gasteiger partial charge is 0.573 e. The number of carbonyl (C=O) groups excluding carboxylic acids is 8. The lowest BCUT2D eigenvalue weighted by atomic mass is 9.84. The summed E-state index contributed by atoms with van der Waals surface area (Å²) >= 11 is 14.6. The summed E-state index contributed by atoms with van der Waals surface area (Å²) in [4.78, 5) is 154. The highest BCUT2D eigenvalue weighted by atomic mass is 35.5. The Balaban J connectivity index is 0.0000185. The molecular weight excluding hydrogens is 1950 g/mol. The van der Waals surface area contributed by atoms with E-state index in [0.29, 0.717) is 0 Å². The smallest absolute Gasteiger partial charge is 0.507 e. The molecule has 1 aromatic heterocycles. The Hall–Kier alpha value is -11.9. The van der Waals surface area contributed by atoms with Crippen LogP contribution in [0.15, 0.2) is 114 Å². The lowest BCUT2D eigenvalue weighted by Crippen LogP contribution is -2.64. The fraction of sp³-hybridized carbons (Fsp3) is 0.484. The molecule has 0 spiro atoms. The summed E-state index contributed by atoms with van der Waals surface area (Å²) in [5.41, 5.74) is 6.52. The van der Waals surface area contributed by atoms with Crippen LogP contribution in [0, 0.1) is 11.8 Å². The number of amides is 6. The van der Waals surface area contributed by atoms with Crippen LogP contribution in [-0.4, -0.2) is 289 Å². The van der Waals surface area contributed by atoms with Crippen molar-refractivity contribution in [3.05, 3.63) is 169 Å². The Bertz CT molecular complexity index is 5920. The number of aliphatic carboxylic acids is 1. The first-order valence-electron chi connectivity index (χ1n) is 45.4. The summed E-state index contributed by atoms with van der Waals surface area (Å²) in [6, 6.07) is 7.81. The van der Waals surface area contributed by atoms with Gasteiger partial charge in [-0.2, -0.15) is 4.98 Å². The van der Waals surface area contributed by atoms with Gasteiger partial charge in [0.15, 0.2) is 41.7 Å². The van der Waals surface area contributed by atoms with E-state index in [4.69, 9.17) is 72.6 Å². The molecule has 9 heterocycles. The van der Waals surface area contributed by atoms with Gasteiger partial charge < -0.3 is 157 Å². The van der Waals surface area contributed by atoms with Gasteiger partial charge >= 0.3 is 18.0 Å². The molecule has 24 N–H and O–H groups in total. The van der Waals surface area contributed by atoms with Gasteiger partial charge in [-0.15, -0.1) is 13.2 Å². The predicted molar refractivity (Wildman–Crippen MR) is 497 cm³/mol. The number of alkyl halides is 3. The molecule has 8 aliphatic rings. The lowest BCUT2D eigenvalue weighted by Gasteiger charge is -2.46. The second kappa shape index (κ2) is 47.1. The van der Waals surface area contributed by atoms with Gasteiger partial charge in [-0.1, -0.05) is 62.7 Å². The number of hydrogen-bond donors (Lipinski definition) is 22. The van der Waals surface area contributed by atoms with E-state index >= 15 is 24.0 Å². The first-order chi connectivity index (χ1) is 67.7. The van der Waals surface area contributed by atoms with Gasteiger partial charge in [0.1, 0.15) is 113 Å². The molecule has 11 bridgehead atoms. The number of fused-ring (bicyclic) bond motifs is 15. The number of halogens is 5. The number of nitrogens with two attached hydrogens (primary N) is 2. The van der Waals surface area contributed by atoms with Crippen LogP contribution in [0.5, 0.6) is 51.7 Å². The maximum absolute atomic E-state index is 16.8. The van der Waals surface area contributed by atoms with E-state index in [1.165, 1.54) is 50.2 Å².